The van der Waals surface area contributed by atoms with Crippen molar-refractivity contribution in [3.8, 4) is 0 Å². The van der Waals surface area contributed by atoms with Crippen LogP contribution in [0, 0.1) is 0 Å². The lowest BCUT2D eigenvalue weighted by Crippen LogP contribution is -2.18. The molecule has 3 nitrogen and oxygen atoms in total. The van der Waals surface area contributed by atoms with Gasteiger partial charge in [-0.05, 0) is 30.9 Å². The van der Waals surface area contributed by atoms with Crippen LogP contribution in [0.2, 0.25) is 0 Å². The quantitative estimate of drug-likeness (QED) is 0.792. The summed E-state index contributed by atoms with van der Waals surface area (Å²) >= 11 is 6.87. The second-order valence-electron chi connectivity index (χ2n) is 4.40. The first-order valence-corrected chi connectivity index (χ1v) is 9.51. The molecule has 1 aromatic carbocycles. The number of fused-ring (bicyclic) bond motifs is 1. The number of thioether (sulfide) groups is 1. The molecule has 0 unspecified atom stereocenters. The maximum Gasteiger partial charge on any atom is 0.248 e. The van der Waals surface area contributed by atoms with Crippen LogP contribution in [-0.4, -0.2) is 22.5 Å². The normalized spacial score (nSPS) is 12.2. The lowest BCUT2D eigenvalue weighted by atomic mass is 10.3. The summed E-state index contributed by atoms with van der Waals surface area (Å²) in [4.78, 5) is 16.9. The third kappa shape index (κ3) is 3.74. The van der Waals surface area contributed by atoms with E-state index in [1.165, 1.54) is 0 Å². The molecule has 2 rings (SSSR count). The summed E-state index contributed by atoms with van der Waals surface area (Å²) in [6.07, 6.45) is 3.44. The average molecular weight is 373 g/mol. The summed E-state index contributed by atoms with van der Waals surface area (Å²) in [6, 6.07) is 6.20. The lowest BCUT2D eigenvalue weighted by molar-refractivity contribution is -0.118. The van der Waals surface area contributed by atoms with Gasteiger partial charge in [-0.1, -0.05) is 34.2 Å². The topological polar surface area (TPSA) is 34.4 Å². The molecule has 20 heavy (non-hydrogen) atoms. The van der Waals surface area contributed by atoms with Crippen molar-refractivity contribution < 1.29 is 4.79 Å². The highest BCUT2D eigenvalue weighted by Gasteiger charge is 2.08. The molecule has 108 valence electrons. The molecule has 0 aliphatic rings. The summed E-state index contributed by atoms with van der Waals surface area (Å²) in [5.41, 5.74) is 1.15. The number of aromatic nitrogens is 1. The Balaban J connectivity index is 2.53. The Kier molecular flexibility index (Phi) is 5.86. The minimum Gasteiger partial charge on any atom is -0.316 e. The average Bonchev–Trinajstić information content (AvgIpc) is 2.73. The van der Waals surface area contributed by atoms with Gasteiger partial charge in [0.1, 0.15) is 0 Å². The van der Waals surface area contributed by atoms with E-state index < -0.39 is 0 Å². The van der Waals surface area contributed by atoms with Gasteiger partial charge in [0.15, 0.2) is 4.80 Å². The molecule has 0 radical (unpaired) electrons. The van der Waals surface area contributed by atoms with Gasteiger partial charge in [0, 0.05) is 23.2 Å². The SMILES string of the molecule is CCCC(=O)N=c1sc2cc(Br)ccc2n1CCSC. The van der Waals surface area contributed by atoms with Gasteiger partial charge >= 0.3 is 0 Å². The van der Waals surface area contributed by atoms with Crippen molar-refractivity contribution >= 4 is 55.2 Å². The summed E-state index contributed by atoms with van der Waals surface area (Å²) in [6.45, 7) is 2.87. The first kappa shape index (κ1) is 15.8. The van der Waals surface area contributed by atoms with Crippen molar-refractivity contribution in [2.24, 2.45) is 4.99 Å². The van der Waals surface area contributed by atoms with Crippen LogP contribution in [0.5, 0.6) is 0 Å². The predicted molar refractivity (Wildman–Crippen MR) is 91.4 cm³/mol. The standard InChI is InChI=1S/C14H17BrN2OS2/c1-3-4-13(18)16-14-17(7-8-19-2)11-6-5-10(15)9-12(11)20-14/h5-6,9H,3-4,7-8H2,1-2H3. The zero-order valence-electron chi connectivity index (χ0n) is 11.6. The van der Waals surface area contributed by atoms with Crippen LogP contribution in [0.3, 0.4) is 0 Å². The third-order valence-electron chi connectivity index (χ3n) is 2.85. The van der Waals surface area contributed by atoms with E-state index in [1.54, 1.807) is 23.1 Å². The van der Waals surface area contributed by atoms with E-state index in [9.17, 15) is 4.79 Å². The minimum atomic E-state index is -0.0315. The molecule has 0 saturated heterocycles. The summed E-state index contributed by atoms with van der Waals surface area (Å²) in [7, 11) is 0. The third-order valence-corrected chi connectivity index (χ3v) is 4.97. The molecule has 0 fully saturated rings. The molecule has 2 aromatic rings. The van der Waals surface area contributed by atoms with Gasteiger partial charge in [-0.15, -0.1) is 0 Å². The Morgan fingerprint density at radius 3 is 3.00 bits per heavy atom. The van der Waals surface area contributed by atoms with E-state index in [0.29, 0.717) is 6.42 Å². The number of hydrogen-bond acceptors (Lipinski definition) is 3. The molecule has 0 spiro atoms. The van der Waals surface area contributed by atoms with E-state index in [1.807, 2.05) is 13.0 Å². The number of rotatable bonds is 5. The molecular weight excluding hydrogens is 356 g/mol. The Morgan fingerprint density at radius 1 is 1.50 bits per heavy atom. The fourth-order valence-corrected chi connectivity index (χ4v) is 3.90. The molecule has 0 N–H and O–H groups in total. The Labute approximate surface area is 135 Å². The van der Waals surface area contributed by atoms with Crippen molar-refractivity contribution in [2.75, 3.05) is 12.0 Å². The van der Waals surface area contributed by atoms with Crippen LogP contribution in [-0.2, 0) is 11.3 Å². The van der Waals surface area contributed by atoms with Crippen LogP contribution in [0.15, 0.2) is 27.7 Å². The highest BCUT2D eigenvalue weighted by Crippen LogP contribution is 2.22. The summed E-state index contributed by atoms with van der Waals surface area (Å²) < 4.78 is 4.36. The van der Waals surface area contributed by atoms with Gasteiger partial charge in [-0.25, -0.2) is 0 Å². The highest BCUT2D eigenvalue weighted by molar-refractivity contribution is 9.10. The van der Waals surface area contributed by atoms with Gasteiger partial charge in [0.2, 0.25) is 5.91 Å². The molecule has 1 aromatic heterocycles. The first-order valence-electron chi connectivity index (χ1n) is 6.51. The van der Waals surface area contributed by atoms with Gasteiger partial charge in [-0.2, -0.15) is 16.8 Å². The van der Waals surface area contributed by atoms with Crippen LogP contribution in [0.25, 0.3) is 10.2 Å². The minimum absolute atomic E-state index is 0.0315. The molecule has 0 atom stereocenters. The van der Waals surface area contributed by atoms with E-state index in [0.717, 1.165) is 38.2 Å². The second-order valence-corrected chi connectivity index (χ2v) is 7.31. The first-order chi connectivity index (χ1) is 9.65. The summed E-state index contributed by atoms with van der Waals surface area (Å²) in [5.74, 6) is 0.980. The van der Waals surface area contributed by atoms with E-state index in [-0.39, 0.29) is 5.91 Å². The Bertz CT molecular complexity index is 675. The molecule has 1 heterocycles. The fourth-order valence-electron chi connectivity index (χ4n) is 1.91. The number of halogens is 1. The van der Waals surface area contributed by atoms with Gasteiger partial charge in [0.05, 0.1) is 10.2 Å². The molecule has 1 amide bonds. The monoisotopic (exact) mass is 372 g/mol. The fraction of sp³-hybridized carbons (Fsp3) is 0.429. The molecular formula is C14H17BrN2OS2. The van der Waals surface area contributed by atoms with Crippen LogP contribution in [0.4, 0.5) is 0 Å². The predicted octanol–water partition coefficient (Wildman–Crippen LogP) is 4.06. The second kappa shape index (κ2) is 7.43. The summed E-state index contributed by atoms with van der Waals surface area (Å²) in [5, 5.41) is 0. The maximum atomic E-state index is 11.8. The number of thiazole rings is 1. The van der Waals surface area contributed by atoms with Gasteiger partial charge in [-0.3, -0.25) is 4.79 Å². The Morgan fingerprint density at radius 2 is 2.30 bits per heavy atom. The molecule has 0 saturated carbocycles. The van der Waals surface area contributed by atoms with Crippen LogP contribution < -0.4 is 4.80 Å². The van der Waals surface area contributed by atoms with E-state index >= 15 is 0 Å². The number of carbonyl (C=O) groups excluding carboxylic acids is 1. The van der Waals surface area contributed by atoms with Crippen molar-refractivity contribution in [1.29, 1.82) is 0 Å². The van der Waals surface area contributed by atoms with Gasteiger partial charge < -0.3 is 4.57 Å². The van der Waals surface area contributed by atoms with Crippen molar-refractivity contribution in [3.63, 3.8) is 0 Å². The largest absolute Gasteiger partial charge is 0.316 e. The molecule has 6 heteroatoms. The number of nitrogens with zero attached hydrogens (tertiary/aromatic N) is 2. The lowest BCUT2D eigenvalue weighted by Gasteiger charge is -2.03. The van der Waals surface area contributed by atoms with Crippen molar-refractivity contribution in [3.05, 3.63) is 27.5 Å². The van der Waals surface area contributed by atoms with Crippen molar-refractivity contribution in [1.82, 2.24) is 4.57 Å². The number of amides is 1. The number of hydrogen-bond donors (Lipinski definition) is 0. The van der Waals surface area contributed by atoms with Crippen molar-refractivity contribution in [2.45, 2.75) is 26.3 Å². The van der Waals surface area contributed by atoms with Gasteiger partial charge in [0.25, 0.3) is 0 Å². The Hall–Kier alpha value is -0.590. The van der Waals surface area contributed by atoms with E-state index in [4.69, 9.17) is 0 Å². The number of aryl methyl sites for hydroxylation is 1. The zero-order chi connectivity index (χ0) is 14.5. The smallest absolute Gasteiger partial charge is 0.248 e. The molecule has 0 aliphatic heterocycles. The van der Waals surface area contributed by atoms with Crippen LogP contribution in [0.1, 0.15) is 19.8 Å². The highest BCUT2D eigenvalue weighted by atomic mass is 79.9. The molecule has 0 aliphatic carbocycles. The van der Waals surface area contributed by atoms with Crippen LogP contribution >= 0.6 is 39.0 Å². The molecule has 0 bridgehead atoms. The maximum absolute atomic E-state index is 11.8. The zero-order valence-corrected chi connectivity index (χ0v) is 14.8. The number of benzene rings is 1. The van der Waals surface area contributed by atoms with E-state index in [2.05, 4.69) is 43.9 Å². The number of carbonyl (C=O) groups is 1.